The molecule has 0 saturated heterocycles. The third kappa shape index (κ3) is 6.27. The molecule has 0 fully saturated rings. The van der Waals surface area contributed by atoms with Gasteiger partial charge in [-0.2, -0.15) is 0 Å². The number of benzene rings is 8. The second-order valence-electron chi connectivity index (χ2n) is 21.9. The minimum atomic E-state index is -2.80. The lowest BCUT2D eigenvalue weighted by molar-refractivity contribution is 0.590. The van der Waals surface area contributed by atoms with Crippen LogP contribution in [0.15, 0.2) is 176 Å². The van der Waals surface area contributed by atoms with Crippen LogP contribution in [0.3, 0.4) is 0 Å². The van der Waals surface area contributed by atoms with Crippen molar-refractivity contribution >= 4 is 86.0 Å². The summed E-state index contributed by atoms with van der Waals surface area (Å²) in [6, 6.07) is 68.5. The fourth-order valence-electron chi connectivity index (χ4n) is 11.4. The zero-order chi connectivity index (χ0) is 45.2. The highest BCUT2D eigenvalue weighted by molar-refractivity contribution is 7.22. The molecule has 0 bridgehead atoms. The van der Waals surface area contributed by atoms with E-state index in [2.05, 4.69) is 255 Å². The van der Waals surface area contributed by atoms with Crippen molar-refractivity contribution in [2.45, 2.75) is 85.5 Å². The Morgan fingerprint density at radius 1 is 0.400 bits per heavy atom. The van der Waals surface area contributed by atoms with E-state index in [0.29, 0.717) is 0 Å². The molecule has 0 unspecified atom stereocenters. The van der Waals surface area contributed by atoms with Crippen LogP contribution in [-0.4, -0.2) is 14.8 Å². The molecule has 0 aliphatic carbocycles. The first-order valence-electron chi connectivity index (χ1n) is 23.6. The molecule has 0 aromatic heterocycles. The Balaban J connectivity index is 1.27. The van der Waals surface area contributed by atoms with E-state index in [9.17, 15) is 0 Å². The first kappa shape index (κ1) is 41.4. The molecule has 3 aliphatic heterocycles. The van der Waals surface area contributed by atoms with Gasteiger partial charge in [-0.25, -0.2) is 0 Å². The van der Waals surface area contributed by atoms with Gasteiger partial charge in [0.1, 0.15) is 0 Å². The molecular formula is C61H59BN2Si. The van der Waals surface area contributed by atoms with E-state index < -0.39 is 8.07 Å². The summed E-state index contributed by atoms with van der Waals surface area (Å²) < 4.78 is 0. The molecule has 0 amide bonds. The molecule has 65 heavy (non-hydrogen) atoms. The van der Waals surface area contributed by atoms with Gasteiger partial charge in [0.05, 0.1) is 0 Å². The van der Waals surface area contributed by atoms with E-state index >= 15 is 0 Å². The summed E-state index contributed by atoms with van der Waals surface area (Å²) in [6.45, 7) is 23.2. The van der Waals surface area contributed by atoms with E-state index in [-0.39, 0.29) is 23.0 Å². The van der Waals surface area contributed by atoms with Crippen LogP contribution in [0, 0.1) is 6.92 Å². The van der Waals surface area contributed by atoms with E-state index in [1.165, 1.54) is 105 Å². The smallest absolute Gasteiger partial charge is 0.252 e. The van der Waals surface area contributed by atoms with Gasteiger partial charge in [0, 0.05) is 34.1 Å². The number of fused-ring (bicyclic) bond motifs is 7. The van der Waals surface area contributed by atoms with Gasteiger partial charge in [-0.15, -0.1) is 0 Å². The first-order valence-corrected chi connectivity index (χ1v) is 25.6. The SMILES string of the molecule is Cc1ccc2c3c1N(c1ccc(C(C)(C)C)cc1)c1ccc(C(C)(C)C)cc1B3c1cc3c(cc1N2c1ccc(C(C)(C)C)cc1)-c1ccccc1[Si]3(c1ccccc1)c1ccccc1. The molecule has 0 spiro atoms. The Kier molecular flexibility index (Phi) is 9.27. The summed E-state index contributed by atoms with van der Waals surface area (Å²) in [6.07, 6.45) is 0. The maximum absolute atomic E-state index is 2.80. The number of anilines is 6. The second kappa shape index (κ2) is 14.6. The van der Waals surface area contributed by atoms with Gasteiger partial charge in [-0.3, -0.25) is 0 Å². The lowest BCUT2D eigenvalue weighted by Crippen LogP contribution is -2.73. The number of hydrogen-bond donors (Lipinski definition) is 0. The molecule has 2 nitrogen and oxygen atoms in total. The van der Waals surface area contributed by atoms with Gasteiger partial charge in [0.15, 0.2) is 8.07 Å². The summed E-state index contributed by atoms with van der Waals surface area (Å²) in [5.41, 5.74) is 19.6. The number of aryl methyl sites for hydroxylation is 1. The summed E-state index contributed by atoms with van der Waals surface area (Å²) in [4.78, 5) is 5.19. The Morgan fingerprint density at radius 3 is 1.46 bits per heavy atom. The lowest BCUT2D eigenvalue weighted by Gasteiger charge is -2.45. The fourth-order valence-corrected chi connectivity index (χ4v) is 16.6. The molecule has 0 atom stereocenters. The van der Waals surface area contributed by atoms with Crippen LogP contribution in [0.5, 0.6) is 0 Å². The predicted molar refractivity (Wildman–Crippen MR) is 284 cm³/mol. The summed E-state index contributed by atoms with van der Waals surface area (Å²) in [7, 11) is -2.80. The number of hydrogen-bond acceptors (Lipinski definition) is 2. The molecule has 0 saturated carbocycles. The molecular weight excluding hydrogens is 800 g/mol. The van der Waals surface area contributed by atoms with E-state index in [0.717, 1.165) is 0 Å². The number of rotatable bonds is 4. The van der Waals surface area contributed by atoms with E-state index in [1.807, 2.05) is 0 Å². The standard InChI is InChI=1S/C61H59BN2Si/c1-40-25-35-53-57-58(40)64(45-33-28-42(29-34-45)60(5,6)7)52-36-30-43(61(8,9)10)37-50(52)62(57)51-39-56-49(38-54(51)63(53)44-31-26-41(27-32-44)59(2,3)4)48-23-17-18-24-55(48)65(56,46-19-13-11-14-20-46)47-21-15-12-16-22-47/h11-39H,1-10H3. The van der Waals surface area contributed by atoms with Crippen molar-refractivity contribution in [3.8, 4) is 11.1 Å². The summed E-state index contributed by atoms with van der Waals surface area (Å²) in [5.74, 6) is 0. The lowest BCUT2D eigenvalue weighted by atomic mass is 9.33. The summed E-state index contributed by atoms with van der Waals surface area (Å²) >= 11 is 0. The Hall–Kier alpha value is -6.36. The van der Waals surface area contributed by atoms with Crippen molar-refractivity contribution in [2.75, 3.05) is 9.80 Å². The van der Waals surface area contributed by atoms with Crippen LogP contribution in [0.1, 0.15) is 84.6 Å². The van der Waals surface area contributed by atoms with Crippen LogP contribution >= 0.6 is 0 Å². The molecule has 320 valence electrons. The van der Waals surface area contributed by atoms with E-state index in [4.69, 9.17) is 0 Å². The van der Waals surface area contributed by atoms with Crippen LogP contribution in [0.25, 0.3) is 11.1 Å². The van der Waals surface area contributed by atoms with Gasteiger partial charge < -0.3 is 9.80 Å². The van der Waals surface area contributed by atoms with Crippen molar-refractivity contribution in [1.29, 1.82) is 0 Å². The molecule has 3 aliphatic rings. The summed E-state index contributed by atoms with van der Waals surface area (Å²) in [5, 5.41) is 5.78. The molecule has 8 aromatic rings. The Bertz CT molecular complexity index is 3110. The Labute approximate surface area is 388 Å². The van der Waals surface area contributed by atoms with Gasteiger partial charge in [0.2, 0.25) is 0 Å². The van der Waals surface area contributed by atoms with Crippen LogP contribution < -0.4 is 46.9 Å². The minimum absolute atomic E-state index is 0.00495. The average molecular weight is 859 g/mol. The molecule has 0 N–H and O–H groups in total. The monoisotopic (exact) mass is 858 g/mol. The van der Waals surface area contributed by atoms with Crippen molar-refractivity contribution in [2.24, 2.45) is 0 Å². The van der Waals surface area contributed by atoms with Crippen LogP contribution in [0.4, 0.5) is 34.1 Å². The van der Waals surface area contributed by atoms with Crippen molar-refractivity contribution in [3.05, 3.63) is 198 Å². The fraction of sp³-hybridized carbons (Fsp3) is 0.213. The largest absolute Gasteiger partial charge is 0.311 e. The van der Waals surface area contributed by atoms with Crippen molar-refractivity contribution in [3.63, 3.8) is 0 Å². The molecule has 8 aromatic carbocycles. The predicted octanol–water partition coefficient (Wildman–Crippen LogP) is 11.3. The maximum Gasteiger partial charge on any atom is 0.252 e. The van der Waals surface area contributed by atoms with E-state index in [1.54, 1.807) is 0 Å². The zero-order valence-electron chi connectivity index (χ0n) is 39.7. The van der Waals surface area contributed by atoms with Gasteiger partial charge >= 0.3 is 0 Å². The highest BCUT2D eigenvalue weighted by atomic mass is 28.3. The van der Waals surface area contributed by atoms with Crippen LogP contribution in [0.2, 0.25) is 0 Å². The quantitative estimate of drug-likeness (QED) is 0.163. The van der Waals surface area contributed by atoms with Crippen molar-refractivity contribution < 1.29 is 0 Å². The first-order chi connectivity index (χ1) is 31.1. The van der Waals surface area contributed by atoms with Gasteiger partial charge in [-0.05, 0) is 136 Å². The minimum Gasteiger partial charge on any atom is -0.311 e. The molecule has 11 rings (SSSR count). The molecule has 4 heteroatoms. The van der Waals surface area contributed by atoms with Crippen molar-refractivity contribution in [1.82, 2.24) is 0 Å². The van der Waals surface area contributed by atoms with Crippen LogP contribution in [-0.2, 0) is 16.2 Å². The topological polar surface area (TPSA) is 6.48 Å². The highest BCUT2D eigenvalue weighted by Crippen LogP contribution is 2.47. The highest BCUT2D eigenvalue weighted by Gasteiger charge is 2.51. The molecule has 0 radical (unpaired) electrons. The third-order valence-electron chi connectivity index (χ3n) is 14.7. The Morgan fingerprint density at radius 2 is 0.892 bits per heavy atom. The average Bonchev–Trinajstić information content (AvgIpc) is 3.58. The number of nitrogens with zero attached hydrogens (tertiary/aromatic N) is 2. The zero-order valence-corrected chi connectivity index (χ0v) is 40.7. The van der Waals surface area contributed by atoms with Gasteiger partial charge in [0.25, 0.3) is 6.71 Å². The third-order valence-corrected chi connectivity index (χ3v) is 19.6. The second-order valence-corrected chi connectivity index (χ2v) is 25.6. The molecule has 3 heterocycles. The normalized spacial score (nSPS) is 14.6. The van der Waals surface area contributed by atoms with Gasteiger partial charge in [-0.1, -0.05) is 196 Å². The maximum atomic E-state index is 2.70.